The highest BCUT2D eigenvalue weighted by Crippen LogP contribution is 2.64. The van der Waals surface area contributed by atoms with E-state index in [1.165, 1.54) is 5.57 Å². The average molecular weight is 230 g/mol. The zero-order chi connectivity index (χ0) is 12.6. The van der Waals surface area contributed by atoms with Gasteiger partial charge in [-0.3, -0.25) is 4.79 Å². The molecule has 17 heavy (non-hydrogen) atoms. The highest BCUT2D eigenvalue weighted by Gasteiger charge is 2.64. The lowest BCUT2D eigenvalue weighted by Gasteiger charge is -2.38. The summed E-state index contributed by atoms with van der Waals surface area (Å²) in [6, 6.07) is 0. The van der Waals surface area contributed by atoms with E-state index < -0.39 is 5.60 Å². The summed E-state index contributed by atoms with van der Waals surface area (Å²) >= 11 is 0. The lowest BCUT2D eigenvalue weighted by Crippen LogP contribution is -2.49. The van der Waals surface area contributed by atoms with Gasteiger partial charge in [-0.25, -0.2) is 0 Å². The van der Waals surface area contributed by atoms with Crippen LogP contribution in [-0.2, 0) is 4.79 Å². The van der Waals surface area contributed by atoms with Gasteiger partial charge in [0.25, 0.3) is 0 Å². The Labute approximate surface area is 102 Å². The quantitative estimate of drug-likeness (QED) is 0.694. The van der Waals surface area contributed by atoms with Gasteiger partial charge in [0.15, 0.2) is 5.78 Å². The molecule has 0 saturated heterocycles. The van der Waals surface area contributed by atoms with Gasteiger partial charge >= 0.3 is 0 Å². The number of hydrogen-bond donors (Lipinski definition) is 1. The van der Waals surface area contributed by atoms with E-state index in [9.17, 15) is 9.90 Å². The van der Waals surface area contributed by atoms with E-state index in [1.807, 2.05) is 13.8 Å². The molecule has 3 rings (SSSR count). The number of carbonyl (C=O) groups excluding carboxylic acids is 1. The maximum absolute atomic E-state index is 12.5. The Kier molecular flexibility index (Phi) is 1.81. The van der Waals surface area contributed by atoms with E-state index in [0.717, 1.165) is 35.1 Å². The van der Waals surface area contributed by atoms with Crippen molar-refractivity contribution in [3.8, 4) is 0 Å². The molecule has 0 aromatic carbocycles. The van der Waals surface area contributed by atoms with Crippen LogP contribution in [-0.4, -0.2) is 16.5 Å². The van der Waals surface area contributed by atoms with Crippen LogP contribution in [0.5, 0.6) is 0 Å². The molecule has 0 heterocycles. The second kappa shape index (κ2) is 2.81. The molecule has 0 aromatic rings. The maximum atomic E-state index is 12.5. The van der Waals surface area contributed by atoms with Crippen LogP contribution in [0.15, 0.2) is 33.9 Å². The fraction of sp³-hybridized carbons (Fsp3) is 0.533. The molecule has 2 heteroatoms. The Balaban J connectivity index is 2.33. The summed E-state index contributed by atoms with van der Waals surface area (Å²) < 4.78 is 0. The Morgan fingerprint density at radius 2 is 1.82 bits per heavy atom. The zero-order valence-electron chi connectivity index (χ0n) is 10.8. The minimum absolute atomic E-state index is 0.0822. The molecule has 3 aliphatic carbocycles. The summed E-state index contributed by atoms with van der Waals surface area (Å²) in [5.74, 6) is -0.0822. The van der Waals surface area contributed by atoms with Gasteiger partial charge in [0.05, 0.1) is 0 Å². The second-order valence-corrected chi connectivity index (χ2v) is 5.85. The van der Waals surface area contributed by atoms with E-state index in [4.69, 9.17) is 0 Å². The van der Waals surface area contributed by atoms with Crippen molar-refractivity contribution in [3.05, 3.63) is 33.9 Å². The summed E-state index contributed by atoms with van der Waals surface area (Å²) in [6.45, 7) is 7.77. The summed E-state index contributed by atoms with van der Waals surface area (Å²) in [4.78, 5) is 12.5. The number of Topliss-reactive ketones (excluding diaryl/α,β-unsaturated/α-hetero) is 1. The largest absolute Gasteiger partial charge is 0.381 e. The van der Waals surface area contributed by atoms with Crippen molar-refractivity contribution in [2.45, 2.75) is 46.1 Å². The second-order valence-electron chi connectivity index (χ2n) is 5.85. The fourth-order valence-electron chi connectivity index (χ4n) is 3.45. The van der Waals surface area contributed by atoms with Crippen LogP contribution in [0.1, 0.15) is 40.5 Å². The monoisotopic (exact) mass is 230 g/mol. The highest BCUT2D eigenvalue weighted by molar-refractivity contribution is 6.11. The van der Waals surface area contributed by atoms with E-state index in [1.54, 1.807) is 6.92 Å². The molecule has 1 fully saturated rings. The fourth-order valence-corrected chi connectivity index (χ4v) is 3.45. The van der Waals surface area contributed by atoms with Crippen molar-refractivity contribution in [3.63, 3.8) is 0 Å². The van der Waals surface area contributed by atoms with Gasteiger partial charge in [-0.1, -0.05) is 11.6 Å². The number of rotatable bonds is 0. The van der Waals surface area contributed by atoms with Crippen LogP contribution in [0.3, 0.4) is 0 Å². The van der Waals surface area contributed by atoms with Crippen LogP contribution < -0.4 is 0 Å². The van der Waals surface area contributed by atoms with E-state index >= 15 is 0 Å². The average Bonchev–Trinajstić information content (AvgIpc) is 3.01. The smallest absolute Gasteiger partial charge is 0.195 e. The molecule has 0 aliphatic heterocycles. The molecular formula is C15H18O2. The molecule has 0 unspecified atom stereocenters. The predicted molar refractivity (Wildman–Crippen MR) is 66.5 cm³/mol. The molecule has 3 aliphatic rings. The molecule has 1 spiro atoms. The lowest BCUT2D eigenvalue weighted by atomic mass is 9.68. The first-order chi connectivity index (χ1) is 7.83. The first-order valence-corrected chi connectivity index (χ1v) is 6.21. The number of allylic oxidation sites excluding steroid dienone is 4. The van der Waals surface area contributed by atoms with Crippen LogP contribution in [0, 0.1) is 5.41 Å². The molecule has 1 N–H and O–H groups in total. The third-order valence-electron chi connectivity index (χ3n) is 5.07. The lowest BCUT2D eigenvalue weighted by molar-refractivity contribution is -0.137. The van der Waals surface area contributed by atoms with Gasteiger partial charge in [-0.15, -0.1) is 0 Å². The Morgan fingerprint density at radius 3 is 2.35 bits per heavy atom. The van der Waals surface area contributed by atoms with Crippen molar-refractivity contribution >= 4 is 5.78 Å². The number of carbonyl (C=O) groups is 1. The molecular weight excluding hydrogens is 212 g/mol. The molecule has 0 aromatic heterocycles. The molecule has 0 amide bonds. The van der Waals surface area contributed by atoms with Gasteiger partial charge in [0.2, 0.25) is 0 Å². The number of fused-ring (bicyclic) bond motifs is 1. The molecule has 2 nitrogen and oxygen atoms in total. The topological polar surface area (TPSA) is 37.3 Å². The predicted octanol–water partition coefficient (Wildman–Crippen LogP) is 2.69. The Hall–Kier alpha value is -1.15. The first kappa shape index (κ1) is 11.0. The van der Waals surface area contributed by atoms with Gasteiger partial charge in [-0.2, -0.15) is 0 Å². The minimum atomic E-state index is -1.21. The summed E-state index contributed by atoms with van der Waals surface area (Å²) in [5, 5.41) is 10.6. The maximum Gasteiger partial charge on any atom is 0.195 e. The standard InChI is InChI=1S/C15H18O2/c1-8-7-11-10(3)15(5-6-15)14(4,17)13(16)12(11)9(8)2/h7,17H,5-6H2,1-4H3/t14-/m0/s1. The van der Waals surface area contributed by atoms with E-state index in [2.05, 4.69) is 13.0 Å². The third kappa shape index (κ3) is 1.03. The zero-order valence-corrected chi connectivity index (χ0v) is 10.8. The molecule has 0 bridgehead atoms. The number of aliphatic hydroxyl groups is 1. The van der Waals surface area contributed by atoms with Crippen LogP contribution in [0.2, 0.25) is 0 Å². The number of ketones is 1. The molecule has 1 atom stereocenters. The number of hydrogen-bond acceptors (Lipinski definition) is 2. The van der Waals surface area contributed by atoms with E-state index in [-0.39, 0.29) is 11.2 Å². The molecule has 90 valence electrons. The van der Waals surface area contributed by atoms with Crippen molar-refractivity contribution in [1.82, 2.24) is 0 Å². The Morgan fingerprint density at radius 1 is 1.24 bits per heavy atom. The van der Waals surface area contributed by atoms with Crippen molar-refractivity contribution < 1.29 is 9.90 Å². The van der Waals surface area contributed by atoms with Crippen molar-refractivity contribution in [2.75, 3.05) is 0 Å². The third-order valence-corrected chi connectivity index (χ3v) is 5.07. The summed E-state index contributed by atoms with van der Waals surface area (Å²) in [5.41, 5.74) is 3.72. The van der Waals surface area contributed by atoms with Gasteiger partial charge in [0.1, 0.15) is 5.60 Å². The first-order valence-electron chi connectivity index (χ1n) is 6.21. The van der Waals surface area contributed by atoms with E-state index in [0.29, 0.717) is 0 Å². The van der Waals surface area contributed by atoms with Crippen LogP contribution in [0.4, 0.5) is 0 Å². The van der Waals surface area contributed by atoms with Crippen molar-refractivity contribution in [1.29, 1.82) is 0 Å². The van der Waals surface area contributed by atoms with Crippen molar-refractivity contribution in [2.24, 2.45) is 5.41 Å². The Bertz CT molecular complexity index is 537. The highest BCUT2D eigenvalue weighted by atomic mass is 16.3. The van der Waals surface area contributed by atoms with Gasteiger partial charge in [0, 0.05) is 11.0 Å². The summed E-state index contributed by atoms with van der Waals surface area (Å²) in [7, 11) is 0. The summed E-state index contributed by atoms with van der Waals surface area (Å²) in [6.07, 6.45) is 3.97. The van der Waals surface area contributed by atoms with Gasteiger partial charge < -0.3 is 5.11 Å². The normalized spacial score (nSPS) is 34.4. The molecule has 1 saturated carbocycles. The van der Waals surface area contributed by atoms with Crippen LogP contribution >= 0.6 is 0 Å². The van der Waals surface area contributed by atoms with Gasteiger partial charge in [-0.05, 0) is 57.3 Å². The minimum Gasteiger partial charge on any atom is -0.381 e. The SMILES string of the molecule is CC1=CC2=C(C)C3(CC3)[C@@](C)(O)C(=O)C2=C1C. The molecule has 0 radical (unpaired) electrons. The van der Waals surface area contributed by atoms with Crippen LogP contribution in [0.25, 0.3) is 0 Å².